The fourth-order valence-corrected chi connectivity index (χ4v) is 3.62. The molecule has 24 heavy (non-hydrogen) atoms. The number of aryl methyl sites for hydroxylation is 2. The van der Waals surface area contributed by atoms with E-state index in [1.54, 1.807) is 16.7 Å². The van der Waals surface area contributed by atoms with Gasteiger partial charge in [0.05, 0.1) is 6.54 Å². The maximum Gasteiger partial charge on any atom is 0.259 e. The topological polar surface area (TPSA) is 32.7 Å². The predicted molar refractivity (Wildman–Crippen MR) is 102 cm³/mol. The lowest BCUT2D eigenvalue weighted by Crippen LogP contribution is -2.32. The number of thioether (sulfide) groups is 1. The molecule has 0 atom stereocenters. The fourth-order valence-electron chi connectivity index (χ4n) is 2.50. The zero-order valence-corrected chi connectivity index (χ0v) is 15.3. The normalized spacial score (nSPS) is 14.0. The number of carbonyl (C=O) groups excluding carboxylic acids is 1. The second kappa shape index (κ2) is 7.41. The van der Waals surface area contributed by atoms with Crippen LogP contribution >= 0.6 is 23.4 Å². The van der Waals surface area contributed by atoms with Gasteiger partial charge in [-0.2, -0.15) is 0 Å². The SMILES string of the molecule is Cc1ccc(C(=O)N2CCN=C2SCc2ccc(Cl)cc2)cc1C. The van der Waals surface area contributed by atoms with Crippen molar-refractivity contribution in [1.29, 1.82) is 0 Å². The van der Waals surface area contributed by atoms with E-state index in [1.165, 1.54) is 5.56 Å². The molecule has 0 fully saturated rings. The van der Waals surface area contributed by atoms with Crippen molar-refractivity contribution < 1.29 is 4.79 Å². The van der Waals surface area contributed by atoms with Crippen LogP contribution in [0.3, 0.4) is 0 Å². The van der Waals surface area contributed by atoms with Crippen LogP contribution in [0.2, 0.25) is 5.02 Å². The number of amidine groups is 1. The maximum atomic E-state index is 12.8. The van der Waals surface area contributed by atoms with Crippen LogP contribution in [0.4, 0.5) is 0 Å². The highest BCUT2D eigenvalue weighted by Gasteiger charge is 2.25. The van der Waals surface area contributed by atoms with Crippen LogP contribution < -0.4 is 0 Å². The minimum absolute atomic E-state index is 0.0259. The summed E-state index contributed by atoms with van der Waals surface area (Å²) in [6.07, 6.45) is 0. The molecule has 3 nitrogen and oxygen atoms in total. The van der Waals surface area contributed by atoms with Crippen LogP contribution in [0.5, 0.6) is 0 Å². The second-order valence-corrected chi connectivity index (χ2v) is 7.21. The van der Waals surface area contributed by atoms with E-state index in [0.717, 1.165) is 32.6 Å². The second-order valence-electron chi connectivity index (χ2n) is 5.84. The van der Waals surface area contributed by atoms with Crippen LogP contribution in [-0.4, -0.2) is 29.1 Å². The molecule has 0 radical (unpaired) electrons. The van der Waals surface area contributed by atoms with Crippen molar-refractivity contribution in [3.63, 3.8) is 0 Å². The number of aliphatic imine (C=N–C) groups is 1. The van der Waals surface area contributed by atoms with Crippen LogP contribution in [0.25, 0.3) is 0 Å². The van der Waals surface area contributed by atoms with E-state index in [2.05, 4.69) is 4.99 Å². The molecule has 0 spiro atoms. The Morgan fingerprint density at radius 2 is 1.92 bits per heavy atom. The Labute approximate surface area is 151 Å². The smallest absolute Gasteiger partial charge is 0.259 e. The molecule has 1 aliphatic rings. The van der Waals surface area contributed by atoms with Crippen LogP contribution in [0.1, 0.15) is 27.0 Å². The Morgan fingerprint density at radius 3 is 2.62 bits per heavy atom. The van der Waals surface area contributed by atoms with Gasteiger partial charge in [0, 0.05) is 22.9 Å². The maximum absolute atomic E-state index is 12.8. The van der Waals surface area contributed by atoms with Gasteiger partial charge in [0.15, 0.2) is 5.17 Å². The van der Waals surface area contributed by atoms with Crippen LogP contribution in [-0.2, 0) is 5.75 Å². The first-order valence-electron chi connectivity index (χ1n) is 7.85. The predicted octanol–water partition coefficient (Wildman–Crippen LogP) is 4.70. The summed E-state index contributed by atoms with van der Waals surface area (Å²) < 4.78 is 0. The lowest BCUT2D eigenvalue weighted by atomic mass is 10.1. The molecule has 0 aromatic heterocycles. The van der Waals surface area contributed by atoms with Gasteiger partial charge >= 0.3 is 0 Å². The van der Waals surface area contributed by atoms with E-state index in [0.29, 0.717) is 13.1 Å². The van der Waals surface area contributed by atoms with Gasteiger partial charge < -0.3 is 0 Å². The number of halogens is 1. The highest BCUT2D eigenvalue weighted by atomic mass is 35.5. The first-order valence-corrected chi connectivity index (χ1v) is 9.22. The zero-order chi connectivity index (χ0) is 17.1. The molecule has 0 saturated heterocycles. The Balaban J connectivity index is 1.69. The Bertz CT molecular complexity index is 786. The average molecular weight is 359 g/mol. The number of benzene rings is 2. The molecule has 1 aliphatic heterocycles. The summed E-state index contributed by atoms with van der Waals surface area (Å²) in [5, 5.41) is 1.53. The van der Waals surface area contributed by atoms with E-state index in [4.69, 9.17) is 11.6 Å². The first-order chi connectivity index (χ1) is 11.5. The van der Waals surface area contributed by atoms with Gasteiger partial charge in [-0.3, -0.25) is 14.7 Å². The van der Waals surface area contributed by atoms with Crippen molar-refractivity contribution >= 4 is 34.4 Å². The minimum Gasteiger partial charge on any atom is -0.286 e. The summed E-state index contributed by atoms with van der Waals surface area (Å²) in [6.45, 7) is 5.39. The number of nitrogens with zero attached hydrogens (tertiary/aromatic N) is 2. The number of carbonyl (C=O) groups is 1. The van der Waals surface area contributed by atoms with Crippen molar-refractivity contribution in [3.05, 3.63) is 69.7 Å². The summed E-state index contributed by atoms with van der Waals surface area (Å²) in [5.74, 6) is 0.796. The van der Waals surface area contributed by atoms with E-state index in [1.807, 2.05) is 56.3 Å². The van der Waals surface area contributed by atoms with Gasteiger partial charge in [-0.1, -0.05) is 41.6 Å². The first kappa shape index (κ1) is 17.1. The van der Waals surface area contributed by atoms with Crippen molar-refractivity contribution in [2.24, 2.45) is 4.99 Å². The molecule has 1 amide bonds. The molecule has 0 saturated carbocycles. The molecular formula is C19H19ClN2OS. The molecule has 0 unspecified atom stereocenters. The third-order valence-corrected chi connectivity index (χ3v) is 5.42. The lowest BCUT2D eigenvalue weighted by Gasteiger charge is -2.18. The number of amides is 1. The summed E-state index contributed by atoms with van der Waals surface area (Å²) in [5.41, 5.74) is 4.21. The molecular weight excluding hydrogens is 340 g/mol. The Hall–Kier alpha value is -1.78. The van der Waals surface area contributed by atoms with Crippen molar-refractivity contribution in [2.45, 2.75) is 19.6 Å². The van der Waals surface area contributed by atoms with Crippen LogP contribution in [0, 0.1) is 13.8 Å². The third-order valence-electron chi connectivity index (χ3n) is 4.08. The number of hydrogen-bond donors (Lipinski definition) is 0. The summed E-state index contributed by atoms with van der Waals surface area (Å²) in [6, 6.07) is 13.6. The summed E-state index contributed by atoms with van der Waals surface area (Å²) in [7, 11) is 0. The van der Waals surface area contributed by atoms with Crippen molar-refractivity contribution in [1.82, 2.24) is 4.90 Å². The van der Waals surface area contributed by atoms with E-state index in [-0.39, 0.29) is 5.91 Å². The molecule has 3 rings (SSSR count). The molecule has 1 heterocycles. The zero-order valence-electron chi connectivity index (χ0n) is 13.8. The average Bonchev–Trinajstić information content (AvgIpc) is 3.05. The molecule has 2 aromatic carbocycles. The van der Waals surface area contributed by atoms with Gasteiger partial charge in [-0.05, 0) is 54.8 Å². The number of rotatable bonds is 3. The summed E-state index contributed by atoms with van der Waals surface area (Å²) in [4.78, 5) is 19.1. The largest absolute Gasteiger partial charge is 0.286 e. The Kier molecular flexibility index (Phi) is 5.27. The van der Waals surface area contributed by atoms with Gasteiger partial charge in [-0.25, -0.2) is 0 Å². The van der Waals surface area contributed by atoms with Crippen LogP contribution in [0.15, 0.2) is 47.5 Å². The van der Waals surface area contributed by atoms with Gasteiger partial charge in [0.25, 0.3) is 5.91 Å². The quantitative estimate of drug-likeness (QED) is 0.796. The van der Waals surface area contributed by atoms with Gasteiger partial charge in [0.1, 0.15) is 0 Å². The standard InChI is InChI=1S/C19H19ClN2OS/c1-13-3-6-16(11-14(13)2)18(23)22-10-9-21-19(22)24-12-15-4-7-17(20)8-5-15/h3-8,11H,9-10,12H2,1-2H3. The summed E-state index contributed by atoms with van der Waals surface area (Å²) >= 11 is 7.51. The Morgan fingerprint density at radius 1 is 1.17 bits per heavy atom. The third kappa shape index (κ3) is 3.82. The molecule has 2 aromatic rings. The van der Waals surface area contributed by atoms with Crippen molar-refractivity contribution in [3.8, 4) is 0 Å². The monoisotopic (exact) mass is 358 g/mol. The lowest BCUT2D eigenvalue weighted by molar-refractivity contribution is 0.0860. The molecule has 5 heteroatoms. The highest BCUT2D eigenvalue weighted by Crippen LogP contribution is 2.23. The van der Waals surface area contributed by atoms with Crippen molar-refractivity contribution in [2.75, 3.05) is 13.1 Å². The van der Waals surface area contributed by atoms with Gasteiger partial charge in [-0.15, -0.1) is 0 Å². The molecule has 0 N–H and O–H groups in total. The number of hydrogen-bond acceptors (Lipinski definition) is 3. The molecule has 124 valence electrons. The molecule has 0 bridgehead atoms. The van der Waals surface area contributed by atoms with E-state index < -0.39 is 0 Å². The minimum atomic E-state index is 0.0259. The highest BCUT2D eigenvalue weighted by molar-refractivity contribution is 8.13. The van der Waals surface area contributed by atoms with Gasteiger partial charge in [0.2, 0.25) is 0 Å². The van der Waals surface area contributed by atoms with E-state index >= 15 is 0 Å². The molecule has 0 aliphatic carbocycles. The van der Waals surface area contributed by atoms with E-state index in [9.17, 15) is 4.79 Å². The fraction of sp³-hybridized carbons (Fsp3) is 0.263.